The molecule has 1 heterocycles. The van der Waals surface area contributed by atoms with Gasteiger partial charge in [0.25, 0.3) is 0 Å². The van der Waals surface area contributed by atoms with Crippen LogP contribution in [0.3, 0.4) is 0 Å². The molecule has 27 heavy (non-hydrogen) atoms. The number of para-hydroxylation sites is 1. The topological polar surface area (TPSA) is 104 Å². The summed E-state index contributed by atoms with van der Waals surface area (Å²) < 4.78 is 5.27. The molecular formula is C21H21N3O3. The van der Waals surface area contributed by atoms with Crippen molar-refractivity contribution in [3.8, 4) is 6.07 Å². The van der Waals surface area contributed by atoms with Crippen LogP contribution in [-0.2, 0) is 22.4 Å². The van der Waals surface area contributed by atoms with Crippen LogP contribution < -0.4 is 0 Å². The predicted molar refractivity (Wildman–Crippen MR) is 101 cm³/mol. The molecule has 6 nitrogen and oxygen atoms in total. The molecule has 0 aliphatic heterocycles. The number of aromatic nitrogens is 1. The van der Waals surface area contributed by atoms with Gasteiger partial charge < -0.3 is 10.1 Å². The monoisotopic (exact) mass is 363 g/mol. The first-order valence-electron chi connectivity index (χ1n) is 8.97. The summed E-state index contributed by atoms with van der Waals surface area (Å²) in [6.07, 6.45) is 2.57. The summed E-state index contributed by atoms with van der Waals surface area (Å²) in [7, 11) is 0. The number of carbonyl (C=O) groups is 2. The lowest BCUT2D eigenvalue weighted by atomic mass is 9.84. The molecular weight excluding hydrogens is 342 g/mol. The molecule has 0 fully saturated rings. The first-order chi connectivity index (χ1) is 12.9. The van der Waals surface area contributed by atoms with E-state index >= 15 is 0 Å². The second-order valence-corrected chi connectivity index (χ2v) is 7.06. The summed E-state index contributed by atoms with van der Waals surface area (Å²) >= 11 is 0. The van der Waals surface area contributed by atoms with Crippen LogP contribution in [-0.4, -0.2) is 29.1 Å². The highest BCUT2D eigenvalue weighted by Gasteiger charge is 2.27. The summed E-state index contributed by atoms with van der Waals surface area (Å²) in [5, 5.41) is 17.2. The number of aryl methyl sites for hydroxylation is 1. The second-order valence-electron chi connectivity index (χ2n) is 7.06. The molecule has 0 radical (unpaired) electrons. The van der Waals surface area contributed by atoms with E-state index in [1.165, 1.54) is 6.92 Å². The van der Waals surface area contributed by atoms with Crippen molar-refractivity contribution in [2.24, 2.45) is 11.8 Å². The van der Waals surface area contributed by atoms with E-state index < -0.39 is 24.3 Å². The van der Waals surface area contributed by atoms with Crippen molar-refractivity contribution in [3.05, 3.63) is 41.1 Å². The first kappa shape index (κ1) is 18.7. The minimum absolute atomic E-state index is 0.0564. The van der Waals surface area contributed by atoms with E-state index in [4.69, 9.17) is 20.4 Å². The molecule has 0 unspecified atom stereocenters. The number of Topliss-reactive ketones (excluding diaryl/α,β-unsaturated/α-hetero) is 1. The number of nitriles is 1. The zero-order chi connectivity index (χ0) is 19.6. The van der Waals surface area contributed by atoms with E-state index in [1.54, 1.807) is 6.07 Å². The van der Waals surface area contributed by atoms with E-state index in [-0.39, 0.29) is 5.71 Å². The Morgan fingerprint density at radius 3 is 2.85 bits per heavy atom. The smallest absolute Gasteiger partial charge is 0.339 e. The number of esters is 1. The van der Waals surface area contributed by atoms with Gasteiger partial charge in [0.2, 0.25) is 0 Å². The molecule has 1 aromatic carbocycles. The van der Waals surface area contributed by atoms with Crippen LogP contribution in [0.2, 0.25) is 0 Å². The average molecular weight is 363 g/mol. The van der Waals surface area contributed by atoms with E-state index in [2.05, 4.69) is 6.92 Å². The summed E-state index contributed by atoms with van der Waals surface area (Å²) in [6, 6.07) is 9.18. The largest absolute Gasteiger partial charge is 0.454 e. The Labute approximate surface area is 157 Å². The van der Waals surface area contributed by atoms with Gasteiger partial charge in [-0.15, -0.1) is 0 Å². The van der Waals surface area contributed by atoms with Crippen LogP contribution in [0, 0.1) is 28.6 Å². The number of nitrogens with one attached hydrogen (secondary N) is 1. The van der Waals surface area contributed by atoms with Crippen molar-refractivity contribution in [2.45, 2.75) is 33.1 Å². The standard InChI is InChI=1S/C21H21N3O3/c1-12-7-8-18-15(9-12)20(14-5-3-4-6-17(14)24-18)21(26)27-11-19(25)16(10-22)13(2)23/h3-6,12,16,23H,7-9,11H2,1-2H3/t12-,16+/m0/s1. The fourth-order valence-electron chi connectivity index (χ4n) is 3.50. The molecule has 1 aliphatic carbocycles. The maximum atomic E-state index is 12.9. The van der Waals surface area contributed by atoms with Gasteiger partial charge in [0, 0.05) is 16.8 Å². The molecule has 0 amide bonds. The minimum atomic E-state index is -1.18. The van der Waals surface area contributed by atoms with Gasteiger partial charge in [-0.2, -0.15) is 5.26 Å². The van der Waals surface area contributed by atoms with Crippen LogP contribution in [0.5, 0.6) is 0 Å². The quantitative estimate of drug-likeness (QED) is 0.648. The molecule has 3 rings (SSSR count). The number of ether oxygens (including phenoxy) is 1. The Hall–Kier alpha value is -3.07. The van der Waals surface area contributed by atoms with Crippen LogP contribution in [0.25, 0.3) is 10.9 Å². The fraction of sp³-hybridized carbons (Fsp3) is 0.381. The lowest BCUT2D eigenvalue weighted by Gasteiger charge is -2.24. The van der Waals surface area contributed by atoms with E-state index in [0.29, 0.717) is 16.9 Å². The third kappa shape index (κ3) is 3.72. The Bertz CT molecular complexity index is 975. The maximum absolute atomic E-state index is 12.9. The van der Waals surface area contributed by atoms with Crippen molar-refractivity contribution in [3.63, 3.8) is 0 Å². The Morgan fingerprint density at radius 1 is 1.41 bits per heavy atom. The molecule has 1 aliphatic rings. The second kappa shape index (κ2) is 7.67. The van der Waals surface area contributed by atoms with Gasteiger partial charge in [-0.1, -0.05) is 25.1 Å². The zero-order valence-corrected chi connectivity index (χ0v) is 15.4. The van der Waals surface area contributed by atoms with Gasteiger partial charge in [-0.05, 0) is 43.7 Å². The van der Waals surface area contributed by atoms with Gasteiger partial charge in [0.1, 0.15) is 5.92 Å². The number of hydrogen-bond acceptors (Lipinski definition) is 6. The van der Waals surface area contributed by atoms with E-state index in [1.807, 2.05) is 24.3 Å². The van der Waals surface area contributed by atoms with Crippen molar-refractivity contribution in [2.75, 3.05) is 6.61 Å². The molecule has 6 heteroatoms. The van der Waals surface area contributed by atoms with Gasteiger partial charge in [-0.3, -0.25) is 9.78 Å². The molecule has 0 spiro atoms. The summed E-state index contributed by atoms with van der Waals surface area (Å²) in [5.74, 6) is -1.90. The number of ketones is 1. The van der Waals surface area contributed by atoms with Crippen molar-refractivity contribution < 1.29 is 14.3 Å². The number of nitrogens with zero attached hydrogens (tertiary/aromatic N) is 2. The normalized spacial score (nSPS) is 16.9. The Balaban J connectivity index is 1.94. The number of benzene rings is 1. The van der Waals surface area contributed by atoms with Gasteiger partial charge in [-0.25, -0.2) is 4.79 Å². The predicted octanol–water partition coefficient (Wildman–Crippen LogP) is 3.26. The highest BCUT2D eigenvalue weighted by Crippen LogP contribution is 2.32. The molecule has 2 aromatic rings. The first-order valence-corrected chi connectivity index (χ1v) is 8.97. The van der Waals surface area contributed by atoms with E-state index in [9.17, 15) is 9.59 Å². The molecule has 138 valence electrons. The molecule has 0 bridgehead atoms. The van der Waals surface area contributed by atoms with Crippen LogP contribution in [0.4, 0.5) is 0 Å². The average Bonchev–Trinajstić information content (AvgIpc) is 2.64. The minimum Gasteiger partial charge on any atom is -0.454 e. The number of carbonyl (C=O) groups excluding carboxylic acids is 2. The van der Waals surface area contributed by atoms with E-state index in [0.717, 1.165) is 36.0 Å². The van der Waals surface area contributed by atoms with Gasteiger partial charge in [0.15, 0.2) is 12.4 Å². The third-order valence-electron chi connectivity index (χ3n) is 4.94. The highest BCUT2D eigenvalue weighted by molar-refractivity contribution is 6.08. The molecule has 1 aromatic heterocycles. The summed E-state index contributed by atoms with van der Waals surface area (Å²) in [5.41, 5.74) is 2.95. The summed E-state index contributed by atoms with van der Waals surface area (Å²) in [6.45, 7) is 3.01. The Morgan fingerprint density at radius 2 is 2.15 bits per heavy atom. The Kier molecular flexibility index (Phi) is 5.31. The fourth-order valence-corrected chi connectivity index (χ4v) is 3.50. The highest BCUT2D eigenvalue weighted by atomic mass is 16.5. The number of pyridine rings is 1. The molecule has 2 atom stereocenters. The van der Waals surface area contributed by atoms with Crippen LogP contribution >= 0.6 is 0 Å². The number of fused-ring (bicyclic) bond motifs is 2. The number of hydrogen-bond donors (Lipinski definition) is 1. The molecule has 0 saturated heterocycles. The van der Waals surface area contributed by atoms with Crippen molar-refractivity contribution in [1.82, 2.24) is 4.98 Å². The van der Waals surface area contributed by atoms with Gasteiger partial charge >= 0.3 is 5.97 Å². The summed E-state index contributed by atoms with van der Waals surface area (Å²) in [4.78, 5) is 29.7. The van der Waals surface area contributed by atoms with Gasteiger partial charge in [0.05, 0.1) is 17.1 Å². The lowest BCUT2D eigenvalue weighted by Crippen LogP contribution is -2.26. The number of rotatable bonds is 5. The van der Waals surface area contributed by atoms with Crippen LogP contribution in [0.1, 0.15) is 41.9 Å². The maximum Gasteiger partial charge on any atom is 0.339 e. The lowest BCUT2D eigenvalue weighted by molar-refractivity contribution is -0.122. The van der Waals surface area contributed by atoms with Crippen LogP contribution in [0.15, 0.2) is 24.3 Å². The molecule has 0 saturated carbocycles. The van der Waals surface area contributed by atoms with Crippen molar-refractivity contribution in [1.29, 1.82) is 10.7 Å². The SMILES string of the molecule is CC(=N)[C@@H](C#N)C(=O)COC(=O)c1c2c(nc3ccccc13)CC[C@H](C)C2. The zero-order valence-electron chi connectivity index (χ0n) is 15.4. The van der Waals surface area contributed by atoms with Crippen molar-refractivity contribution >= 4 is 28.4 Å². The third-order valence-corrected chi connectivity index (χ3v) is 4.94. The molecule has 1 N–H and O–H groups in total.